The Morgan fingerprint density at radius 2 is 1.81 bits per heavy atom. The maximum absolute atomic E-state index is 10.4. The molecule has 0 aliphatic heterocycles. The Morgan fingerprint density at radius 3 is 2.25 bits per heavy atom. The van der Waals surface area contributed by atoms with E-state index in [1.165, 1.54) is 5.56 Å². The van der Waals surface area contributed by atoms with Crippen LogP contribution in [-0.4, -0.2) is 22.3 Å². The van der Waals surface area contributed by atoms with E-state index in [9.17, 15) is 4.79 Å². The standard InChI is InChI=1S/C13H18O3/c1-9(2)11-6-3-10(4-7-11)5-8-12(14)13(15)16/h3-4,6-7,9,12,14H,5,8H2,1-2H3,(H,15,16). The lowest BCUT2D eigenvalue weighted by Gasteiger charge is -2.08. The van der Waals surface area contributed by atoms with Gasteiger partial charge >= 0.3 is 5.97 Å². The SMILES string of the molecule is CC(C)c1ccc(CCC(O)C(=O)O)cc1. The Hall–Kier alpha value is -1.35. The molecular weight excluding hydrogens is 204 g/mol. The van der Waals surface area contributed by atoms with E-state index in [1.54, 1.807) is 0 Å². The smallest absolute Gasteiger partial charge is 0.332 e. The number of benzene rings is 1. The van der Waals surface area contributed by atoms with Crippen LogP contribution in [0, 0.1) is 0 Å². The molecule has 0 radical (unpaired) electrons. The third kappa shape index (κ3) is 3.66. The van der Waals surface area contributed by atoms with Crippen molar-refractivity contribution in [3.8, 4) is 0 Å². The van der Waals surface area contributed by atoms with Crippen LogP contribution in [0.2, 0.25) is 0 Å². The Balaban J connectivity index is 2.52. The first-order valence-corrected chi connectivity index (χ1v) is 5.50. The molecule has 3 heteroatoms. The topological polar surface area (TPSA) is 57.5 Å². The summed E-state index contributed by atoms with van der Waals surface area (Å²) in [5.41, 5.74) is 2.33. The van der Waals surface area contributed by atoms with Crippen molar-refractivity contribution in [1.82, 2.24) is 0 Å². The lowest BCUT2D eigenvalue weighted by Crippen LogP contribution is -2.19. The highest BCUT2D eigenvalue weighted by Gasteiger charge is 2.12. The molecule has 1 atom stereocenters. The van der Waals surface area contributed by atoms with Gasteiger partial charge in [0.05, 0.1) is 0 Å². The van der Waals surface area contributed by atoms with E-state index in [0.717, 1.165) is 5.56 Å². The fourth-order valence-corrected chi connectivity index (χ4v) is 1.50. The molecule has 0 bridgehead atoms. The summed E-state index contributed by atoms with van der Waals surface area (Å²) in [6.07, 6.45) is -0.410. The number of hydrogen-bond donors (Lipinski definition) is 2. The molecule has 88 valence electrons. The Kier molecular flexibility index (Phi) is 4.50. The van der Waals surface area contributed by atoms with Gasteiger partial charge in [-0.05, 0) is 29.9 Å². The van der Waals surface area contributed by atoms with Crippen molar-refractivity contribution >= 4 is 5.97 Å². The van der Waals surface area contributed by atoms with Crippen molar-refractivity contribution < 1.29 is 15.0 Å². The molecule has 0 aromatic heterocycles. The summed E-state index contributed by atoms with van der Waals surface area (Å²) in [4.78, 5) is 10.4. The van der Waals surface area contributed by atoms with Crippen molar-refractivity contribution in [3.63, 3.8) is 0 Å². The number of aliphatic hydroxyl groups excluding tert-OH is 1. The second-order valence-electron chi connectivity index (χ2n) is 4.29. The number of carboxylic acids is 1. The minimum atomic E-state index is -1.26. The van der Waals surface area contributed by atoms with Crippen molar-refractivity contribution in [2.75, 3.05) is 0 Å². The van der Waals surface area contributed by atoms with Gasteiger partial charge in [-0.1, -0.05) is 38.1 Å². The Bertz CT molecular complexity index is 341. The van der Waals surface area contributed by atoms with Crippen LogP contribution in [0.1, 0.15) is 37.3 Å². The van der Waals surface area contributed by atoms with Gasteiger partial charge in [0.15, 0.2) is 6.10 Å². The monoisotopic (exact) mass is 222 g/mol. The highest BCUT2D eigenvalue weighted by molar-refractivity contribution is 5.71. The molecule has 0 spiro atoms. The van der Waals surface area contributed by atoms with E-state index in [2.05, 4.69) is 13.8 Å². The van der Waals surface area contributed by atoms with Crippen molar-refractivity contribution in [2.45, 2.75) is 38.7 Å². The number of rotatable bonds is 5. The van der Waals surface area contributed by atoms with Crippen LogP contribution in [0.4, 0.5) is 0 Å². The minimum Gasteiger partial charge on any atom is -0.479 e. The van der Waals surface area contributed by atoms with Gasteiger partial charge in [0.2, 0.25) is 0 Å². The van der Waals surface area contributed by atoms with Crippen molar-refractivity contribution in [3.05, 3.63) is 35.4 Å². The predicted octanol–water partition coefficient (Wildman–Crippen LogP) is 2.19. The molecule has 3 nitrogen and oxygen atoms in total. The van der Waals surface area contributed by atoms with Gasteiger partial charge in [-0.25, -0.2) is 4.79 Å². The second kappa shape index (κ2) is 5.66. The van der Waals surface area contributed by atoms with Gasteiger partial charge < -0.3 is 10.2 Å². The molecular formula is C13H18O3. The maximum Gasteiger partial charge on any atom is 0.332 e. The van der Waals surface area contributed by atoms with E-state index >= 15 is 0 Å². The maximum atomic E-state index is 10.4. The number of carbonyl (C=O) groups is 1. The normalized spacial score (nSPS) is 12.8. The first-order valence-electron chi connectivity index (χ1n) is 5.50. The fourth-order valence-electron chi connectivity index (χ4n) is 1.50. The van der Waals surface area contributed by atoms with Gasteiger partial charge in [-0.2, -0.15) is 0 Å². The van der Waals surface area contributed by atoms with Crippen molar-refractivity contribution in [2.24, 2.45) is 0 Å². The van der Waals surface area contributed by atoms with Gasteiger partial charge in [-0.15, -0.1) is 0 Å². The third-order valence-electron chi connectivity index (χ3n) is 2.64. The molecule has 16 heavy (non-hydrogen) atoms. The second-order valence-corrected chi connectivity index (χ2v) is 4.29. The number of aliphatic carboxylic acids is 1. The predicted molar refractivity (Wildman–Crippen MR) is 62.5 cm³/mol. The summed E-state index contributed by atoms with van der Waals surface area (Å²) in [6, 6.07) is 8.08. The number of hydrogen-bond acceptors (Lipinski definition) is 2. The zero-order valence-electron chi connectivity index (χ0n) is 9.68. The molecule has 0 amide bonds. The molecule has 0 saturated carbocycles. The van der Waals surface area contributed by atoms with Gasteiger partial charge in [0, 0.05) is 0 Å². The Morgan fingerprint density at radius 1 is 1.25 bits per heavy atom. The molecule has 0 heterocycles. The molecule has 0 aliphatic carbocycles. The molecule has 0 saturated heterocycles. The Labute approximate surface area is 95.7 Å². The summed E-state index contributed by atoms with van der Waals surface area (Å²) in [7, 11) is 0. The van der Waals surface area contributed by atoms with E-state index in [0.29, 0.717) is 12.3 Å². The quantitative estimate of drug-likeness (QED) is 0.802. The highest BCUT2D eigenvalue weighted by atomic mass is 16.4. The molecule has 1 aromatic carbocycles. The lowest BCUT2D eigenvalue weighted by molar-refractivity contribution is -0.146. The van der Waals surface area contributed by atoms with Crippen LogP contribution in [0.25, 0.3) is 0 Å². The summed E-state index contributed by atoms with van der Waals surface area (Å²) >= 11 is 0. The summed E-state index contributed by atoms with van der Waals surface area (Å²) in [5, 5.41) is 17.7. The van der Waals surface area contributed by atoms with Crippen LogP contribution in [0.15, 0.2) is 24.3 Å². The van der Waals surface area contributed by atoms with Crippen LogP contribution in [0.3, 0.4) is 0 Å². The van der Waals surface area contributed by atoms with Gasteiger partial charge in [-0.3, -0.25) is 0 Å². The van der Waals surface area contributed by atoms with Gasteiger partial charge in [0.1, 0.15) is 0 Å². The van der Waals surface area contributed by atoms with Gasteiger partial charge in [0.25, 0.3) is 0 Å². The number of aryl methyl sites for hydroxylation is 1. The highest BCUT2D eigenvalue weighted by Crippen LogP contribution is 2.15. The van der Waals surface area contributed by atoms with Crippen molar-refractivity contribution in [1.29, 1.82) is 0 Å². The average Bonchev–Trinajstić information content (AvgIpc) is 2.26. The lowest BCUT2D eigenvalue weighted by atomic mass is 9.99. The third-order valence-corrected chi connectivity index (χ3v) is 2.64. The first-order chi connectivity index (χ1) is 7.50. The summed E-state index contributed by atoms with van der Waals surface area (Å²) < 4.78 is 0. The summed E-state index contributed by atoms with van der Waals surface area (Å²) in [5.74, 6) is -0.655. The van der Waals surface area contributed by atoms with Crippen LogP contribution in [-0.2, 0) is 11.2 Å². The molecule has 0 aliphatic rings. The van der Waals surface area contributed by atoms with Crippen LogP contribution >= 0.6 is 0 Å². The number of aliphatic hydroxyl groups is 1. The zero-order valence-corrected chi connectivity index (χ0v) is 9.68. The average molecular weight is 222 g/mol. The minimum absolute atomic E-state index is 0.260. The molecule has 1 aromatic rings. The zero-order chi connectivity index (χ0) is 12.1. The van der Waals surface area contributed by atoms with E-state index in [4.69, 9.17) is 10.2 Å². The van der Waals surface area contributed by atoms with Crippen LogP contribution in [0.5, 0.6) is 0 Å². The summed E-state index contributed by atoms with van der Waals surface area (Å²) in [6.45, 7) is 4.26. The molecule has 1 rings (SSSR count). The number of carboxylic acid groups (broad SMARTS) is 1. The largest absolute Gasteiger partial charge is 0.479 e. The fraction of sp³-hybridized carbons (Fsp3) is 0.462. The first kappa shape index (κ1) is 12.7. The molecule has 0 fully saturated rings. The van der Waals surface area contributed by atoms with E-state index < -0.39 is 12.1 Å². The molecule has 1 unspecified atom stereocenters. The molecule has 2 N–H and O–H groups in total. The van der Waals surface area contributed by atoms with E-state index in [-0.39, 0.29) is 6.42 Å². The van der Waals surface area contributed by atoms with E-state index in [1.807, 2.05) is 24.3 Å². The van der Waals surface area contributed by atoms with Crippen LogP contribution < -0.4 is 0 Å².